The molecule has 1 aliphatic rings. The standard InChI is InChI=1S/C23H22ClN3O3/c1-15-12-27(13-16(2)29-15)23-21(11-25)26-22(30-23)18-5-9-20(10-6-18)28-14-17-3-7-19(24)8-4-17/h3-10,15-16H,12-14H2,1-2H3/t15-,16-/m0/s1. The summed E-state index contributed by atoms with van der Waals surface area (Å²) in [5.41, 5.74) is 2.11. The van der Waals surface area contributed by atoms with Crippen LogP contribution in [-0.4, -0.2) is 30.3 Å². The van der Waals surface area contributed by atoms with E-state index in [1.807, 2.05) is 67.3 Å². The van der Waals surface area contributed by atoms with E-state index >= 15 is 0 Å². The fourth-order valence-electron chi connectivity index (χ4n) is 3.51. The molecule has 1 aromatic heterocycles. The van der Waals surface area contributed by atoms with E-state index in [2.05, 4.69) is 11.1 Å². The smallest absolute Gasteiger partial charge is 0.235 e. The van der Waals surface area contributed by atoms with Crippen LogP contribution in [0.4, 0.5) is 5.88 Å². The first-order chi connectivity index (χ1) is 14.5. The number of ether oxygens (including phenoxy) is 2. The molecule has 0 saturated carbocycles. The van der Waals surface area contributed by atoms with Crippen molar-refractivity contribution in [2.24, 2.45) is 0 Å². The van der Waals surface area contributed by atoms with Gasteiger partial charge >= 0.3 is 0 Å². The minimum atomic E-state index is 0.0610. The lowest BCUT2D eigenvalue weighted by Crippen LogP contribution is -2.45. The van der Waals surface area contributed by atoms with E-state index in [9.17, 15) is 5.26 Å². The summed E-state index contributed by atoms with van der Waals surface area (Å²) in [5, 5.41) is 10.2. The van der Waals surface area contributed by atoms with Gasteiger partial charge in [0.15, 0.2) is 0 Å². The fourth-order valence-corrected chi connectivity index (χ4v) is 3.63. The molecule has 0 spiro atoms. The number of nitriles is 1. The quantitative estimate of drug-likeness (QED) is 0.571. The van der Waals surface area contributed by atoms with Crippen LogP contribution in [0, 0.1) is 11.3 Å². The third kappa shape index (κ3) is 4.59. The number of rotatable bonds is 5. The average molecular weight is 424 g/mol. The van der Waals surface area contributed by atoms with Gasteiger partial charge in [-0.2, -0.15) is 10.2 Å². The number of oxazole rings is 1. The van der Waals surface area contributed by atoms with Crippen molar-refractivity contribution >= 4 is 17.5 Å². The molecule has 2 heterocycles. The monoisotopic (exact) mass is 423 g/mol. The SMILES string of the molecule is C[C@H]1CN(c2oc(-c3ccc(OCc4ccc(Cl)cc4)cc3)nc2C#N)C[C@H](C)O1. The van der Waals surface area contributed by atoms with Crippen LogP contribution in [0.3, 0.4) is 0 Å². The average Bonchev–Trinajstić information content (AvgIpc) is 3.18. The molecule has 3 aromatic rings. The van der Waals surface area contributed by atoms with Crippen molar-refractivity contribution in [1.82, 2.24) is 4.98 Å². The Balaban J connectivity index is 1.48. The molecule has 0 amide bonds. The summed E-state index contributed by atoms with van der Waals surface area (Å²) in [7, 11) is 0. The highest BCUT2D eigenvalue weighted by molar-refractivity contribution is 6.30. The summed E-state index contributed by atoms with van der Waals surface area (Å²) >= 11 is 5.91. The number of hydrogen-bond donors (Lipinski definition) is 0. The van der Waals surface area contributed by atoms with Crippen LogP contribution in [0.1, 0.15) is 25.1 Å². The summed E-state index contributed by atoms with van der Waals surface area (Å²) in [6.45, 7) is 5.78. The van der Waals surface area contributed by atoms with Crippen LogP contribution < -0.4 is 9.64 Å². The normalized spacial score (nSPS) is 18.8. The molecule has 1 saturated heterocycles. The predicted molar refractivity (Wildman–Crippen MR) is 115 cm³/mol. The number of aromatic nitrogens is 1. The van der Waals surface area contributed by atoms with Crippen molar-refractivity contribution in [3.05, 3.63) is 64.8 Å². The number of halogens is 1. The molecule has 6 nitrogen and oxygen atoms in total. The first-order valence-corrected chi connectivity index (χ1v) is 10.2. The Morgan fingerprint density at radius 1 is 1.10 bits per heavy atom. The van der Waals surface area contributed by atoms with Crippen LogP contribution in [0.5, 0.6) is 5.75 Å². The molecule has 2 aromatic carbocycles. The maximum Gasteiger partial charge on any atom is 0.235 e. The molecule has 1 aliphatic heterocycles. The molecule has 4 rings (SSSR count). The van der Waals surface area contributed by atoms with Gasteiger partial charge in [-0.05, 0) is 55.8 Å². The lowest BCUT2D eigenvalue weighted by atomic mass is 10.2. The van der Waals surface area contributed by atoms with Gasteiger partial charge in [-0.1, -0.05) is 23.7 Å². The van der Waals surface area contributed by atoms with Crippen LogP contribution in [0.2, 0.25) is 5.02 Å². The van der Waals surface area contributed by atoms with E-state index in [4.69, 9.17) is 25.5 Å². The molecular weight excluding hydrogens is 402 g/mol. The van der Waals surface area contributed by atoms with Crippen molar-refractivity contribution in [3.63, 3.8) is 0 Å². The van der Waals surface area contributed by atoms with Crippen molar-refractivity contribution < 1.29 is 13.9 Å². The van der Waals surface area contributed by atoms with Gasteiger partial charge < -0.3 is 18.8 Å². The van der Waals surface area contributed by atoms with E-state index in [1.165, 1.54) is 0 Å². The zero-order valence-corrected chi connectivity index (χ0v) is 17.6. The Labute approximate surface area is 180 Å². The molecule has 0 bridgehead atoms. The molecule has 154 valence electrons. The van der Waals surface area contributed by atoms with Crippen molar-refractivity contribution in [2.45, 2.75) is 32.7 Å². The molecule has 7 heteroatoms. The first-order valence-electron chi connectivity index (χ1n) is 9.81. The molecule has 1 fully saturated rings. The Morgan fingerprint density at radius 3 is 2.40 bits per heavy atom. The zero-order chi connectivity index (χ0) is 21.1. The van der Waals surface area contributed by atoms with Crippen LogP contribution in [0.15, 0.2) is 52.9 Å². The Kier molecular flexibility index (Phi) is 5.93. The van der Waals surface area contributed by atoms with Crippen LogP contribution in [0.25, 0.3) is 11.5 Å². The van der Waals surface area contributed by atoms with E-state index in [0.29, 0.717) is 36.5 Å². The predicted octanol–water partition coefficient (Wildman–Crippen LogP) is 5.06. The van der Waals surface area contributed by atoms with Crippen molar-refractivity contribution in [1.29, 1.82) is 5.26 Å². The summed E-state index contributed by atoms with van der Waals surface area (Å²) in [6, 6.07) is 17.2. The summed E-state index contributed by atoms with van der Waals surface area (Å²) < 4.78 is 17.6. The maximum absolute atomic E-state index is 9.52. The van der Waals surface area contributed by atoms with Crippen LogP contribution in [-0.2, 0) is 11.3 Å². The van der Waals surface area contributed by atoms with Gasteiger partial charge in [-0.25, -0.2) is 0 Å². The number of nitrogens with zero attached hydrogens (tertiary/aromatic N) is 3. The summed E-state index contributed by atoms with van der Waals surface area (Å²) in [4.78, 5) is 6.42. The lowest BCUT2D eigenvalue weighted by Gasteiger charge is -2.34. The topological polar surface area (TPSA) is 71.5 Å². The third-order valence-electron chi connectivity index (χ3n) is 4.84. The van der Waals surface area contributed by atoms with Crippen molar-refractivity contribution in [2.75, 3.05) is 18.0 Å². The minimum Gasteiger partial charge on any atom is -0.489 e. The number of hydrogen-bond acceptors (Lipinski definition) is 6. The van der Waals surface area contributed by atoms with Gasteiger partial charge in [-0.3, -0.25) is 0 Å². The van der Waals surface area contributed by atoms with E-state index < -0.39 is 0 Å². The Morgan fingerprint density at radius 2 is 1.77 bits per heavy atom. The summed E-state index contributed by atoms with van der Waals surface area (Å²) in [6.07, 6.45) is 0.122. The molecule has 30 heavy (non-hydrogen) atoms. The van der Waals surface area contributed by atoms with Gasteiger partial charge in [0.25, 0.3) is 0 Å². The molecule has 0 N–H and O–H groups in total. The first kappa shape index (κ1) is 20.3. The number of morpholine rings is 1. The molecule has 0 radical (unpaired) electrons. The minimum absolute atomic E-state index is 0.0610. The van der Waals surface area contributed by atoms with Gasteiger partial charge in [-0.15, -0.1) is 0 Å². The molecule has 0 unspecified atom stereocenters. The van der Waals surface area contributed by atoms with Gasteiger partial charge in [0, 0.05) is 23.7 Å². The van der Waals surface area contributed by atoms with Gasteiger partial charge in [0.1, 0.15) is 18.4 Å². The number of anilines is 1. The maximum atomic E-state index is 9.52. The largest absolute Gasteiger partial charge is 0.489 e. The highest BCUT2D eigenvalue weighted by atomic mass is 35.5. The van der Waals surface area contributed by atoms with Gasteiger partial charge in [0.2, 0.25) is 17.5 Å². The van der Waals surface area contributed by atoms with Crippen LogP contribution >= 0.6 is 11.6 Å². The van der Waals surface area contributed by atoms with E-state index in [1.54, 1.807) is 0 Å². The van der Waals surface area contributed by atoms with E-state index in [0.717, 1.165) is 16.9 Å². The second-order valence-corrected chi connectivity index (χ2v) is 7.82. The molecule has 0 aliphatic carbocycles. The lowest BCUT2D eigenvalue weighted by molar-refractivity contribution is -0.00638. The second-order valence-electron chi connectivity index (χ2n) is 7.39. The fraction of sp³-hybridized carbons (Fsp3) is 0.304. The Bertz CT molecular complexity index is 1030. The molecule has 2 atom stereocenters. The zero-order valence-electron chi connectivity index (χ0n) is 16.8. The van der Waals surface area contributed by atoms with Gasteiger partial charge in [0.05, 0.1) is 12.2 Å². The Hall–Kier alpha value is -3.01. The van der Waals surface area contributed by atoms with E-state index in [-0.39, 0.29) is 17.9 Å². The third-order valence-corrected chi connectivity index (χ3v) is 5.09. The number of benzene rings is 2. The highest BCUT2D eigenvalue weighted by Crippen LogP contribution is 2.31. The second kappa shape index (κ2) is 8.78. The molecular formula is C23H22ClN3O3. The highest BCUT2D eigenvalue weighted by Gasteiger charge is 2.28. The summed E-state index contributed by atoms with van der Waals surface area (Å²) in [5.74, 6) is 1.65. The van der Waals surface area contributed by atoms with Crippen molar-refractivity contribution in [3.8, 4) is 23.3 Å².